The molecule has 7 nitrogen and oxygen atoms in total. The van der Waals surface area contributed by atoms with Gasteiger partial charge in [-0.05, 0) is 60.0 Å². The average molecular weight is 534 g/mol. The molecule has 0 amide bonds. The standard InChI is InChI=1S/C27H28BrN5O2/c1-2-20(27(34)35)16-8-10-18(11-9-16)24-23(28)25(29)33-26(32-24)21(15-31-33)19-12-13-22(30-14-19)17-6-4-3-5-7-17/h3-7,12-16,18,20H,2,8-11,29H2,1H3,(H,34,35). The molecule has 5 rings (SSSR count). The molecule has 0 spiro atoms. The molecular weight excluding hydrogens is 506 g/mol. The highest BCUT2D eigenvalue weighted by Gasteiger charge is 2.33. The van der Waals surface area contributed by atoms with Crippen LogP contribution in [0.2, 0.25) is 0 Å². The molecule has 1 aromatic carbocycles. The number of aromatic nitrogens is 4. The van der Waals surface area contributed by atoms with Gasteiger partial charge >= 0.3 is 5.97 Å². The van der Waals surface area contributed by atoms with E-state index in [0.29, 0.717) is 17.9 Å². The lowest BCUT2D eigenvalue weighted by atomic mass is 9.74. The van der Waals surface area contributed by atoms with Crippen molar-refractivity contribution < 1.29 is 9.90 Å². The maximum absolute atomic E-state index is 11.6. The maximum atomic E-state index is 11.6. The van der Waals surface area contributed by atoms with Gasteiger partial charge in [-0.3, -0.25) is 9.78 Å². The second-order valence-electron chi connectivity index (χ2n) is 9.25. The molecule has 3 N–H and O–H groups in total. The Kier molecular flexibility index (Phi) is 6.56. The van der Waals surface area contributed by atoms with E-state index in [1.54, 1.807) is 10.7 Å². The number of halogens is 1. The molecule has 8 heteroatoms. The van der Waals surface area contributed by atoms with Gasteiger partial charge in [-0.15, -0.1) is 0 Å². The van der Waals surface area contributed by atoms with Crippen molar-refractivity contribution in [3.63, 3.8) is 0 Å². The largest absolute Gasteiger partial charge is 0.481 e. The zero-order valence-electron chi connectivity index (χ0n) is 19.6. The second kappa shape index (κ2) is 9.77. The predicted molar refractivity (Wildman–Crippen MR) is 140 cm³/mol. The van der Waals surface area contributed by atoms with Crippen LogP contribution in [0, 0.1) is 11.8 Å². The second-order valence-corrected chi connectivity index (χ2v) is 10.0. The number of nitrogens with two attached hydrogens (primary N) is 1. The van der Waals surface area contributed by atoms with Crippen molar-refractivity contribution >= 4 is 33.4 Å². The molecule has 1 atom stereocenters. The predicted octanol–water partition coefficient (Wildman–Crippen LogP) is 6.19. The Morgan fingerprint density at radius 3 is 2.49 bits per heavy atom. The number of aliphatic carboxylic acids is 1. The number of carboxylic acids is 1. The summed E-state index contributed by atoms with van der Waals surface area (Å²) in [5.74, 6) is 0.00232. The third-order valence-electron chi connectivity index (χ3n) is 7.28. The smallest absolute Gasteiger partial charge is 0.306 e. The van der Waals surface area contributed by atoms with Gasteiger partial charge in [-0.25, -0.2) is 4.98 Å². The minimum absolute atomic E-state index is 0.216. The first-order valence-corrected chi connectivity index (χ1v) is 12.8. The summed E-state index contributed by atoms with van der Waals surface area (Å²) in [5, 5.41) is 14.0. The lowest BCUT2D eigenvalue weighted by Gasteiger charge is -2.32. The molecule has 1 aliphatic carbocycles. The van der Waals surface area contributed by atoms with Crippen LogP contribution in [-0.2, 0) is 4.79 Å². The van der Waals surface area contributed by atoms with Crippen LogP contribution in [0.5, 0.6) is 0 Å². The molecule has 1 saturated carbocycles. The first kappa shape index (κ1) is 23.5. The highest BCUT2D eigenvalue weighted by molar-refractivity contribution is 9.10. The number of rotatable bonds is 6. The van der Waals surface area contributed by atoms with Crippen molar-refractivity contribution in [3.05, 3.63) is 65.0 Å². The molecule has 4 aromatic rings. The van der Waals surface area contributed by atoms with E-state index in [9.17, 15) is 9.90 Å². The fourth-order valence-corrected chi connectivity index (χ4v) is 5.91. The fourth-order valence-electron chi connectivity index (χ4n) is 5.32. The Balaban J connectivity index is 1.45. The zero-order valence-corrected chi connectivity index (χ0v) is 21.1. The van der Waals surface area contributed by atoms with Gasteiger partial charge in [-0.2, -0.15) is 9.61 Å². The number of fused-ring (bicyclic) bond motifs is 1. The van der Waals surface area contributed by atoms with Crippen LogP contribution >= 0.6 is 15.9 Å². The minimum atomic E-state index is -0.684. The average Bonchev–Trinajstić information content (AvgIpc) is 3.32. The van der Waals surface area contributed by atoms with E-state index >= 15 is 0 Å². The number of nitrogens with zero attached hydrogens (tertiary/aromatic N) is 4. The number of pyridine rings is 1. The van der Waals surface area contributed by atoms with Crippen LogP contribution in [0.3, 0.4) is 0 Å². The van der Waals surface area contributed by atoms with Gasteiger partial charge in [0.1, 0.15) is 5.82 Å². The molecule has 3 heterocycles. The van der Waals surface area contributed by atoms with Crippen molar-refractivity contribution in [3.8, 4) is 22.4 Å². The van der Waals surface area contributed by atoms with Crippen LogP contribution in [0.1, 0.15) is 50.6 Å². The van der Waals surface area contributed by atoms with E-state index in [4.69, 9.17) is 10.7 Å². The highest BCUT2D eigenvalue weighted by Crippen LogP contribution is 2.43. The lowest BCUT2D eigenvalue weighted by molar-refractivity contribution is -0.144. The Morgan fingerprint density at radius 2 is 1.86 bits per heavy atom. The molecule has 0 bridgehead atoms. The zero-order chi connectivity index (χ0) is 24.5. The van der Waals surface area contributed by atoms with Crippen LogP contribution in [-0.4, -0.2) is 30.7 Å². The number of carboxylic acid groups (broad SMARTS) is 1. The first-order chi connectivity index (χ1) is 17.0. The SMILES string of the molecule is CCC(C(=O)O)C1CCC(c2nc3c(-c4ccc(-c5ccccc5)nc4)cnn3c(N)c2Br)CC1. The summed E-state index contributed by atoms with van der Waals surface area (Å²) in [5.41, 5.74) is 11.9. The molecule has 35 heavy (non-hydrogen) atoms. The third-order valence-corrected chi connectivity index (χ3v) is 8.09. The first-order valence-electron chi connectivity index (χ1n) is 12.0. The Bertz CT molecular complexity index is 1350. The highest BCUT2D eigenvalue weighted by atomic mass is 79.9. The van der Waals surface area contributed by atoms with Crippen LogP contribution in [0.25, 0.3) is 28.0 Å². The van der Waals surface area contributed by atoms with Crippen molar-refractivity contribution in [2.75, 3.05) is 5.73 Å². The number of anilines is 1. The summed E-state index contributed by atoms with van der Waals surface area (Å²) < 4.78 is 2.43. The van der Waals surface area contributed by atoms with E-state index < -0.39 is 5.97 Å². The minimum Gasteiger partial charge on any atom is -0.481 e. The van der Waals surface area contributed by atoms with E-state index in [1.807, 2.05) is 55.6 Å². The number of hydrogen-bond donors (Lipinski definition) is 2. The summed E-state index contributed by atoms with van der Waals surface area (Å²) in [6, 6.07) is 14.1. The topological polar surface area (TPSA) is 106 Å². The van der Waals surface area contributed by atoms with Crippen molar-refractivity contribution in [1.82, 2.24) is 19.6 Å². The molecule has 0 radical (unpaired) electrons. The fraction of sp³-hybridized carbons (Fsp3) is 0.333. The molecular formula is C27H28BrN5O2. The van der Waals surface area contributed by atoms with Gasteiger partial charge in [0.2, 0.25) is 0 Å². The van der Waals surface area contributed by atoms with E-state index in [-0.39, 0.29) is 17.8 Å². The quantitative estimate of drug-likeness (QED) is 0.306. The molecule has 3 aromatic heterocycles. The van der Waals surface area contributed by atoms with Gasteiger partial charge in [-0.1, -0.05) is 43.3 Å². The van der Waals surface area contributed by atoms with Gasteiger partial charge in [0.25, 0.3) is 0 Å². The normalized spacial score (nSPS) is 19.0. The monoisotopic (exact) mass is 533 g/mol. The van der Waals surface area contributed by atoms with Crippen LogP contribution in [0.4, 0.5) is 5.82 Å². The molecule has 0 saturated heterocycles. The van der Waals surface area contributed by atoms with Gasteiger partial charge in [0.15, 0.2) is 5.65 Å². The molecule has 1 fully saturated rings. The summed E-state index contributed by atoms with van der Waals surface area (Å²) in [6.45, 7) is 1.96. The Morgan fingerprint density at radius 1 is 1.11 bits per heavy atom. The van der Waals surface area contributed by atoms with Crippen molar-refractivity contribution in [2.24, 2.45) is 11.8 Å². The molecule has 180 valence electrons. The van der Waals surface area contributed by atoms with E-state index in [0.717, 1.165) is 58.2 Å². The Labute approximate surface area is 212 Å². The van der Waals surface area contributed by atoms with Gasteiger partial charge in [0.05, 0.1) is 28.0 Å². The number of nitrogen functional groups attached to an aromatic ring is 1. The summed E-state index contributed by atoms with van der Waals surface area (Å²) in [7, 11) is 0. The lowest BCUT2D eigenvalue weighted by Crippen LogP contribution is -2.27. The molecule has 1 unspecified atom stereocenters. The molecule has 1 aliphatic rings. The molecule has 0 aliphatic heterocycles. The van der Waals surface area contributed by atoms with Gasteiger partial charge < -0.3 is 10.8 Å². The number of benzene rings is 1. The van der Waals surface area contributed by atoms with Crippen molar-refractivity contribution in [2.45, 2.75) is 44.9 Å². The number of hydrogen-bond acceptors (Lipinski definition) is 5. The third kappa shape index (κ3) is 4.43. The van der Waals surface area contributed by atoms with Gasteiger partial charge in [0, 0.05) is 28.8 Å². The summed E-state index contributed by atoms with van der Waals surface area (Å²) in [6.07, 6.45) is 7.85. The van der Waals surface area contributed by atoms with Crippen LogP contribution < -0.4 is 5.73 Å². The van der Waals surface area contributed by atoms with E-state index in [2.05, 4.69) is 26.0 Å². The summed E-state index contributed by atoms with van der Waals surface area (Å²) in [4.78, 5) is 21.3. The van der Waals surface area contributed by atoms with Crippen LogP contribution in [0.15, 0.2) is 59.3 Å². The van der Waals surface area contributed by atoms with E-state index in [1.165, 1.54) is 0 Å². The summed E-state index contributed by atoms with van der Waals surface area (Å²) >= 11 is 3.66. The maximum Gasteiger partial charge on any atom is 0.306 e. The number of carbonyl (C=O) groups is 1. The Hall–Kier alpha value is -3.26. The van der Waals surface area contributed by atoms with Crippen molar-refractivity contribution in [1.29, 1.82) is 0 Å².